The summed E-state index contributed by atoms with van der Waals surface area (Å²) >= 11 is 0. The molecule has 0 aliphatic heterocycles. The molecule has 7 nitrogen and oxygen atoms in total. The lowest BCUT2D eigenvalue weighted by atomic mass is 9.86. The zero-order chi connectivity index (χ0) is 16.9. The van der Waals surface area contributed by atoms with Crippen LogP contribution in [-0.4, -0.2) is 60.2 Å². The van der Waals surface area contributed by atoms with Crippen LogP contribution in [0.1, 0.15) is 18.5 Å². The van der Waals surface area contributed by atoms with Crippen molar-refractivity contribution in [3.63, 3.8) is 0 Å². The number of aryl methyl sites for hydroxylation is 1. The summed E-state index contributed by atoms with van der Waals surface area (Å²) in [6.07, 6.45) is -0.924. The minimum absolute atomic E-state index is 0.0263. The molecule has 1 aliphatic carbocycles. The molecule has 0 spiro atoms. The molecule has 2 atom stereocenters. The van der Waals surface area contributed by atoms with E-state index in [1.54, 1.807) is 6.07 Å². The molecule has 1 amide bonds. The van der Waals surface area contributed by atoms with Crippen LogP contribution in [-0.2, 0) is 9.53 Å². The molecule has 0 saturated heterocycles. The van der Waals surface area contributed by atoms with E-state index in [0.717, 1.165) is 5.69 Å². The summed E-state index contributed by atoms with van der Waals surface area (Å²) in [7, 11) is 1.45. The summed E-state index contributed by atoms with van der Waals surface area (Å²) in [6, 6.07) is 5.48. The summed E-state index contributed by atoms with van der Waals surface area (Å²) in [5, 5.41) is 22.5. The molecule has 0 bridgehead atoms. The van der Waals surface area contributed by atoms with Gasteiger partial charge in [0.15, 0.2) is 0 Å². The van der Waals surface area contributed by atoms with Gasteiger partial charge in [-0.3, -0.25) is 4.79 Å². The molecule has 1 fully saturated rings. The average Bonchev–Trinajstić information content (AvgIpc) is 2.79. The Morgan fingerprint density at radius 3 is 2.70 bits per heavy atom. The Balaban J connectivity index is 2.01. The molecule has 1 aromatic rings. The third kappa shape index (κ3) is 4.89. The van der Waals surface area contributed by atoms with E-state index in [2.05, 4.69) is 10.3 Å². The number of hydrogen-bond acceptors (Lipinski definition) is 6. The highest BCUT2D eigenvalue weighted by molar-refractivity contribution is 5.77. The molecule has 3 N–H and O–H groups in total. The van der Waals surface area contributed by atoms with Crippen molar-refractivity contribution >= 4 is 5.91 Å². The van der Waals surface area contributed by atoms with Crippen LogP contribution in [0.25, 0.3) is 0 Å². The number of pyridine rings is 1. The van der Waals surface area contributed by atoms with Gasteiger partial charge in [0.2, 0.25) is 11.8 Å². The lowest BCUT2D eigenvalue weighted by Gasteiger charge is -2.29. The Morgan fingerprint density at radius 2 is 2.09 bits per heavy atom. The summed E-state index contributed by atoms with van der Waals surface area (Å²) in [6.45, 7) is 2.40. The van der Waals surface area contributed by atoms with E-state index in [-0.39, 0.29) is 19.1 Å². The van der Waals surface area contributed by atoms with Crippen molar-refractivity contribution in [1.29, 1.82) is 0 Å². The maximum absolute atomic E-state index is 11.6. The molecule has 2 rings (SSSR count). The lowest BCUT2D eigenvalue weighted by molar-refractivity contribution is -0.125. The van der Waals surface area contributed by atoms with Gasteiger partial charge in [-0.1, -0.05) is 6.07 Å². The van der Waals surface area contributed by atoms with Crippen molar-refractivity contribution in [1.82, 2.24) is 10.3 Å². The van der Waals surface area contributed by atoms with Crippen molar-refractivity contribution in [2.24, 2.45) is 5.41 Å². The highest BCUT2D eigenvalue weighted by Crippen LogP contribution is 2.38. The fourth-order valence-corrected chi connectivity index (χ4v) is 2.85. The van der Waals surface area contributed by atoms with Crippen LogP contribution in [0.3, 0.4) is 0 Å². The first-order valence-electron chi connectivity index (χ1n) is 7.62. The monoisotopic (exact) mass is 324 g/mol. The minimum Gasteiger partial charge on any atom is -0.477 e. The maximum Gasteiger partial charge on any atom is 0.246 e. The van der Waals surface area contributed by atoms with Gasteiger partial charge >= 0.3 is 0 Å². The Hall–Kier alpha value is -1.70. The number of carbonyl (C=O) groups excluding carboxylic acids is 1. The summed E-state index contributed by atoms with van der Waals surface area (Å²) in [4.78, 5) is 15.9. The predicted octanol–water partition coefficient (Wildman–Crippen LogP) is 0.0334. The zero-order valence-electron chi connectivity index (χ0n) is 13.5. The Labute approximate surface area is 135 Å². The highest BCUT2D eigenvalue weighted by atomic mass is 16.5. The third-order valence-corrected chi connectivity index (χ3v) is 4.05. The van der Waals surface area contributed by atoms with Crippen molar-refractivity contribution in [3.8, 4) is 5.88 Å². The number of rotatable bonds is 7. The molecule has 1 aromatic heterocycles. The molecule has 2 unspecified atom stereocenters. The third-order valence-electron chi connectivity index (χ3n) is 4.05. The minimum atomic E-state index is -0.816. The molecule has 0 aromatic carbocycles. The van der Waals surface area contributed by atoms with E-state index < -0.39 is 17.6 Å². The van der Waals surface area contributed by atoms with E-state index in [1.807, 2.05) is 19.1 Å². The van der Waals surface area contributed by atoms with Crippen LogP contribution in [0.2, 0.25) is 0 Å². The number of nitrogens with zero attached hydrogens (tertiary/aromatic N) is 1. The highest BCUT2D eigenvalue weighted by Gasteiger charge is 2.45. The van der Waals surface area contributed by atoms with Crippen molar-refractivity contribution in [2.75, 3.05) is 26.9 Å². The second-order valence-electron chi connectivity index (χ2n) is 6.16. The first-order chi connectivity index (χ1) is 10.9. The standard InChI is InChI=1S/C16H24N2O5/c1-11-4-3-5-15(18-11)23-10-16(6-12(19)13(20)7-16)9-17-14(21)8-22-2/h3-5,12-13,19-20H,6-10H2,1-2H3,(H,17,21). The number of aliphatic hydroxyl groups excluding tert-OH is 2. The molecule has 1 saturated carbocycles. The lowest BCUT2D eigenvalue weighted by Crippen LogP contribution is -2.41. The number of aliphatic hydroxyl groups is 2. The molecule has 0 radical (unpaired) electrons. The van der Waals surface area contributed by atoms with Crippen LogP contribution in [0.4, 0.5) is 0 Å². The van der Waals surface area contributed by atoms with Crippen LogP contribution < -0.4 is 10.1 Å². The number of amides is 1. The predicted molar refractivity (Wildman–Crippen MR) is 83.0 cm³/mol. The van der Waals surface area contributed by atoms with Gasteiger partial charge in [0.05, 0.1) is 18.8 Å². The quantitative estimate of drug-likeness (QED) is 0.654. The van der Waals surface area contributed by atoms with Gasteiger partial charge in [0.1, 0.15) is 6.61 Å². The van der Waals surface area contributed by atoms with Gasteiger partial charge in [0.25, 0.3) is 0 Å². The molecular formula is C16H24N2O5. The number of carbonyl (C=O) groups is 1. The number of nitrogens with one attached hydrogen (secondary N) is 1. The van der Waals surface area contributed by atoms with E-state index >= 15 is 0 Å². The van der Waals surface area contributed by atoms with Gasteiger partial charge in [-0.05, 0) is 25.8 Å². The maximum atomic E-state index is 11.6. The SMILES string of the molecule is COCC(=O)NCC1(COc2cccc(C)n2)CC(O)C(O)C1. The summed E-state index contributed by atoms with van der Waals surface area (Å²) in [5.41, 5.74) is 0.310. The first kappa shape index (κ1) is 17.7. The van der Waals surface area contributed by atoms with Crippen molar-refractivity contribution in [3.05, 3.63) is 23.9 Å². The van der Waals surface area contributed by atoms with Gasteiger partial charge in [-0.25, -0.2) is 4.98 Å². The fraction of sp³-hybridized carbons (Fsp3) is 0.625. The molecule has 128 valence electrons. The average molecular weight is 324 g/mol. The largest absolute Gasteiger partial charge is 0.477 e. The number of ether oxygens (including phenoxy) is 2. The summed E-state index contributed by atoms with van der Waals surface area (Å²) < 4.78 is 10.5. The number of methoxy groups -OCH3 is 1. The zero-order valence-corrected chi connectivity index (χ0v) is 13.5. The van der Waals surface area contributed by atoms with Gasteiger partial charge in [-0.2, -0.15) is 0 Å². The van der Waals surface area contributed by atoms with Gasteiger partial charge < -0.3 is 25.0 Å². The molecule has 1 aliphatic rings. The summed E-state index contributed by atoms with van der Waals surface area (Å²) in [5.74, 6) is 0.250. The topological polar surface area (TPSA) is 101 Å². The number of hydrogen-bond donors (Lipinski definition) is 3. The normalized spacial score (nSPS) is 27.0. The van der Waals surface area contributed by atoms with Crippen LogP contribution in [0.15, 0.2) is 18.2 Å². The smallest absolute Gasteiger partial charge is 0.246 e. The van der Waals surface area contributed by atoms with Gasteiger partial charge in [-0.15, -0.1) is 0 Å². The van der Waals surface area contributed by atoms with Gasteiger partial charge in [0, 0.05) is 30.8 Å². The fourth-order valence-electron chi connectivity index (χ4n) is 2.85. The first-order valence-corrected chi connectivity index (χ1v) is 7.62. The molecule has 7 heteroatoms. The second kappa shape index (κ2) is 7.72. The Bertz CT molecular complexity index is 527. The second-order valence-corrected chi connectivity index (χ2v) is 6.16. The molecular weight excluding hydrogens is 300 g/mol. The van der Waals surface area contributed by atoms with Crippen molar-refractivity contribution < 1.29 is 24.5 Å². The van der Waals surface area contributed by atoms with Crippen LogP contribution in [0, 0.1) is 12.3 Å². The molecule has 1 heterocycles. The number of aromatic nitrogens is 1. The van der Waals surface area contributed by atoms with E-state index in [4.69, 9.17) is 9.47 Å². The van der Waals surface area contributed by atoms with E-state index in [9.17, 15) is 15.0 Å². The van der Waals surface area contributed by atoms with Crippen molar-refractivity contribution in [2.45, 2.75) is 32.0 Å². The van der Waals surface area contributed by atoms with E-state index in [0.29, 0.717) is 25.3 Å². The van der Waals surface area contributed by atoms with E-state index in [1.165, 1.54) is 7.11 Å². The van der Waals surface area contributed by atoms with Crippen LogP contribution >= 0.6 is 0 Å². The Kier molecular flexibility index (Phi) is 5.92. The molecule has 23 heavy (non-hydrogen) atoms. The van der Waals surface area contributed by atoms with Crippen LogP contribution in [0.5, 0.6) is 5.88 Å². The Morgan fingerprint density at radius 1 is 1.39 bits per heavy atom.